The van der Waals surface area contributed by atoms with E-state index in [1.807, 2.05) is 36.4 Å². The lowest BCUT2D eigenvalue weighted by atomic mass is 10.2. The number of nitrogens with zero attached hydrogens (tertiary/aromatic N) is 6. The highest BCUT2D eigenvalue weighted by molar-refractivity contribution is 5.90. The predicted octanol–water partition coefficient (Wildman–Crippen LogP) is 3.06. The van der Waals surface area contributed by atoms with Crippen LogP contribution in [-0.2, 0) is 4.74 Å². The molecule has 0 aliphatic carbocycles. The van der Waals surface area contributed by atoms with Crippen LogP contribution >= 0.6 is 0 Å². The van der Waals surface area contributed by atoms with Crippen molar-refractivity contribution >= 4 is 28.4 Å². The zero-order valence-corrected chi connectivity index (χ0v) is 15.7. The van der Waals surface area contributed by atoms with E-state index in [9.17, 15) is 0 Å². The van der Waals surface area contributed by atoms with E-state index >= 15 is 0 Å². The Balaban J connectivity index is 1.42. The zero-order chi connectivity index (χ0) is 19.5. The first-order chi connectivity index (χ1) is 14.4. The normalized spacial score (nSPS) is 14.1. The van der Waals surface area contributed by atoms with Crippen LogP contribution in [0.2, 0.25) is 0 Å². The van der Waals surface area contributed by atoms with Crippen LogP contribution in [0.25, 0.3) is 22.3 Å². The second kappa shape index (κ2) is 7.76. The van der Waals surface area contributed by atoms with Gasteiger partial charge in [-0.1, -0.05) is 6.07 Å². The molecule has 29 heavy (non-hydrogen) atoms. The summed E-state index contributed by atoms with van der Waals surface area (Å²) in [6, 6.07) is 11.6. The van der Waals surface area contributed by atoms with E-state index in [0.29, 0.717) is 5.95 Å². The lowest BCUT2D eigenvalue weighted by Crippen LogP contribution is -2.36. The molecule has 5 heterocycles. The molecule has 0 atom stereocenters. The van der Waals surface area contributed by atoms with Crippen molar-refractivity contribution in [1.29, 1.82) is 0 Å². The number of hydrogen-bond acceptors (Lipinski definition) is 8. The molecule has 0 radical (unpaired) electrons. The van der Waals surface area contributed by atoms with Gasteiger partial charge in [-0.05, 0) is 30.3 Å². The molecule has 0 unspecified atom stereocenters. The summed E-state index contributed by atoms with van der Waals surface area (Å²) in [4.78, 5) is 24.8. The Kier molecular flexibility index (Phi) is 4.67. The van der Waals surface area contributed by atoms with Crippen LogP contribution in [0, 0.1) is 0 Å². The predicted molar refractivity (Wildman–Crippen MR) is 111 cm³/mol. The third kappa shape index (κ3) is 3.70. The van der Waals surface area contributed by atoms with Crippen LogP contribution in [0.15, 0.2) is 61.2 Å². The summed E-state index contributed by atoms with van der Waals surface area (Å²) in [5.41, 5.74) is 3.08. The molecule has 8 heteroatoms. The van der Waals surface area contributed by atoms with Gasteiger partial charge in [0.1, 0.15) is 17.0 Å². The van der Waals surface area contributed by atoms with Gasteiger partial charge in [-0.25, -0.2) is 15.0 Å². The van der Waals surface area contributed by atoms with E-state index < -0.39 is 0 Å². The fourth-order valence-electron chi connectivity index (χ4n) is 3.28. The number of ether oxygens (including phenoxy) is 1. The summed E-state index contributed by atoms with van der Waals surface area (Å²) in [5, 5.41) is 4.14. The molecule has 0 aromatic carbocycles. The first kappa shape index (κ1) is 17.4. The Labute approximate surface area is 167 Å². The molecule has 1 saturated heterocycles. The van der Waals surface area contributed by atoms with Gasteiger partial charge >= 0.3 is 0 Å². The number of aromatic nitrogens is 5. The van der Waals surface area contributed by atoms with Gasteiger partial charge in [0.15, 0.2) is 0 Å². The highest BCUT2D eigenvalue weighted by atomic mass is 16.5. The maximum absolute atomic E-state index is 5.39. The Bertz CT molecular complexity index is 1110. The first-order valence-corrected chi connectivity index (χ1v) is 9.46. The van der Waals surface area contributed by atoms with Crippen molar-refractivity contribution in [2.24, 2.45) is 0 Å². The number of rotatable bonds is 4. The van der Waals surface area contributed by atoms with Gasteiger partial charge in [0.05, 0.1) is 30.8 Å². The van der Waals surface area contributed by atoms with Crippen LogP contribution in [0.4, 0.5) is 17.5 Å². The van der Waals surface area contributed by atoms with Crippen LogP contribution in [-0.4, -0.2) is 51.2 Å². The number of nitrogens with one attached hydrogen (secondary N) is 1. The second-order valence-corrected chi connectivity index (χ2v) is 6.64. The molecule has 0 amide bonds. The Morgan fingerprint density at radius 3 is 2.59 bits per heavy atom. The first-order valence-electron chi connectivity index (χ1n) is 9.46. The molecular formula is C21H19N7O. The number of morpholine rings is 1. The summed E-state index contributed by atoms with van der Waals surface area (Å²) < 4.78 is 5.39. The minimum absolute atomic E-state index is 0.489. The number of hydrogen-bond donors (Lipinski definition) is 1. The summed E-state index contributed by atoms with van der Waals surface area (Å²) in [5.74, 6) is 1.43. The molecule has 144 valence electrons. The minimum Gasteiger partial charge on any atom is -0.378 e. The average molecular weight is 385 g/mol. The summed E-state index contributed by atoms with van der Waals surface area (Å²) in [6.45, 7) is 3.19. The number of fused-ring (bicyclic) bond motifs is 1. The Morgan fingerprint density at radius 1 is 0.862 bits per heavy atom. The van der Waals surface area contributed by atoms with Crippen molar-refractivity contribution in [3.63, 3.8) is 0 Å². The standard InChI is InChI=1S/C21H19N7O/c1-2-7-22-17(3-1)20-19-15(6-8-23-20)13-25-21(27-19)26-16-4-5-18(24-14-16)28-9-11-29-12-10-28/h1-8,13-14H,9-12H2,(H,25,26,27). The summed E-state index contributed by atoms with van der Waals surface area (Å²) >= 11 is 0. The van der Waals surface area contributed by atoms with Crippen LogP contribution < -0.4 is 10.2 Å². The van der Waals surface area contributed by atoms with Gasteiger partial charge in [0.25, 0.3) is 0 Å². The van der Waals surface area contributed by atoms with Crippen molar-refractivity contribution in [3.05, 3.63) is 61.2 Å². The monoisotopic (exact) mass is 385 g/mol. The van der Waals surface area contributed by atoms with Crippen LogP contribution in [0.1, 0.15) is 0 Å². The largest absolute Gasteiger partial charge is 0.378 e. The van der Waals surface area contributed by atoms with Crippen LogP contribution in [0.5, 0.6) is 0 Å². The van der Waals surface area contributed by atoms with Gasteiger partial charge < -0.3 is 15.0 Å². The van der Waals surface area contributed by atoms with Gasteiger partial charge in [0, 0.05) is 37.1 Å². The molecule has 0 saturated carbocycles. The van der Waals surface area contributed by atoms with E-state index in [1.165, 1.54) is 0 Å². The van der Waals surface area contributed by atoms with Gasteiger partial charge in [-0.15, -0.1) is 0 Å². The van der Waals surface area contributed by atoms with Gasteiger partial charge in [0.2, 0.25) is 5.95 Å². The molecule has 0 bridgehead atoms. The van der Waals surface area contributed by atoms with Gasteiger partial charge in [-0.3, -0.25) is 9.97 Å². The van der Waals surface area contributed by atoms with Crippen molar-refractivity contribution in [1.82, 2.24) is 24.9 Å². The van der Waals surface area contributed by atoms with E-state index in [1.54, 1.807) is 24.8 Å². The number of anilines is 3. The molecule has 1 aliphatic heterocycles. The molecule has 5 rings (SSSR count). The fraction of sp³-hybridized carbons (Fsp3) is 0.190. The van der Waals surface area contributed by atoms with Crippen LogP contribution in [0.3, 0.4) is 0 Å². The molecule has 8 nitrogen and oxygen atoms in total. The molecule has 1 fully saturated rings. The summed E-state index contributed by atoms with van der Waals surface area (Å²) in [6.07, 6.45) is 7.07. The SMILES string of the molecule is c1ccc(-c2nccc3cnc(Nc4ccc(N5CCOCC5)nc4)nc23)nc1. The Hall–Kier alpha value is -3.65. The van der Waals surface area contributed by atoms with Gasteiger partial charge in [-0.2, -0.15) is 0 Å². The van der Waals surface area contributed by atoms with Crippen molar-refractivity contribution in [2.45, 2.75) is 0 Å². The van der Waals surface area contributed by atoms with Crippen molar-refractivity contribution < 1.29 is 4.74 Å². The fourth-order valence-corrected chi connectivity index (χ4v) is 3.28. The quantitative estimate of drug-likeness (QED) is 0.573. The maximum atomic E-state index is 5.39. The zero-order valence-electron chi connectivity index (χ0n) is 15.7. The van der Waals surface area contributed by atoms with E-state index in [4.69, 9.17) is 4.74 Å². The van der Waals surface area contributed by atoms with E-state index in [0.717, 1.165) is 60.1 Å². The third-order valence-corrected chi connectivity index (χ3v) is 4.75. The highest BCUT2D eigenvalue weighted by Crippen LogP contribution is 2.24. The molecule has 1 N–H and O–H groups in total. The molecular weight excluding hydrogens is 366 g/mol. The minimum atomic E-state index is 0.489. The van der Waals surface area contributed by atoms with E-state index in [-0.39, 0.29) is 0 Å². The average Bonchev–Trinajstić information content (AvgIpc) is 2.80. The lowest BCUT2D eigenvalue weighted by molar-refractivity contribution is 0.122. The maximum Gasteiger partial charge on any atom is 0.227 e. The second-order valence-electron chi connectivity index (χ2n) is 6.64. The Morgan fingerprint density at radius 2 is 1.79 bits per heavy atom. The smallest absolute Gasteiger partial charge is 0.227 e. The summed E-state index contributed by atoms with van der Waals surface area (Å²) in [7, 11) is 0. The van der Waals surface area contributed by atoms with E-state index in [2.05, 4.69) is 35.1 Å². The molecule has 1 aliphatic rings. The molecule has 4 aromatic heterocycles. The highest BCUT2D eigenvalue weighted by Gasteiger charge is 2.13. The lowest BCUT2D eigenvalue weighted by Gasteiger charge is -2.27. The molecule has 0 spiro atoms. The topological polar surface area (TPSA) is 89.0 Å². The third-order valence-electron chi connectivity index (χ3n) is 4.75. The van der Waals surface area contributed by atoms with Crippen molar-refractivity contribution in [3.8, 4) is 11.4 Å². The number of pyridine rings is 3. The molecule has 4 aromatic rings. The van der Waals surface area contributed by atoms with Crippen molar-refractivity contribution in [2.75, 3.05) is 36.5 Å².